The minimum atomic E-state index is -4.53. The van der Waals surface area contributed by atoms with Crippen molar-refractivity contribution < 1.29 is 26.4 Å². The third-order valence-electron chi connectivity index (χ3n) is 4.72. The minimum absolute atomic E-state index is 0.205. The summed E-state index contributed by atoms with van der Waals surface area (Å²) in [5.74, 6) is -0.376. The van der Waals surface area contributed by atoms with Crippen molar-refractivity contribution in [3.63, 3.8) is 0 Å². The second-order valence-corrected chi connectivity index (χ2v) is 10.7. The van der Waals surface area contributed by atoms with Gasteiger partial charge in [-0.3, -0.25) is 9.52 Å². The molecule has 34 heavy (non-hydrogen) atoms. The van der Waals surface area contributed by atoms with Gasteiger partial charge in [0.15, 0.2) is 0 Å². The largest absolute Gasteiger partial charge is 0.433 e. The normalized spacial score (nSPS) is 12.5. The number of rotatable bonds is 10. The lowest BCUT2D eigenvalue weighted by atomic mass is 9.96. The number of pyridine rings is 1. The Morgan fingerprint density at radius 1 is 1.15 bits per heavy atom. The number of benzene rings is 1. The van der Waals surface area contributed by atoms with Crippen LogP contribution in [0.1, 0.15) is 55.6 Å². The van der Waals surface area contributed by atoms with Crippen molar-refractivity contribution >= 4 is 49.8 Å². The average molecular weight is 609 g/mol. The van der Waals surface area contributed by atoms with E-state index in [1.165, 1.54) is 12.1 Å². The Hall–Kier alpha value is -2.15. The molecule has 1 aromatic heterocycles. The van der Waals surface area contributed by atoms with Gasteiger partial charge in [0.05, 0.1) is 11.9 Å². The van der Waals surface area contributed by atoms with Gasteiger partial charge in [0, 0.05) is 21.9 Å². The number of carbonyl (C=O) groups excluding carboxylic acids is 1. The van der Waals surface area contributed by atoms with Crippen LogP contribution in [0.15, 0.2) is 36.4 Å². The van der Waals surface area contributed by atoms with Gasteiger partial charge < -0.3 is 5.32 Å². The summed E-state index contributed by atoms with van der Waals surface area (Å²) in [6.45, 7) is 3.99. The fourth-order valence-electron chi connectivity index (χ4n) is 3.28. The number of aromatic nitrogens is 1. The van der Waals surface area contributed by atoms with E-state index in [4.69, 9.17) is 0 Å². The predicted molar refractivity (Wildman–Crippen MR) is 136 cm³/mol. The van der Waals surface area contributed by atoms with Gasteiger partial charge in [0.2, 0.25) is 15.9 Å². The van der Waals surface area contributed by atoms with Crippen LogP contribution in [0, 0.1) is 3.57 Å². The first kappa shape index (κ1) is 28.1. The number of nitrogens with zero attached hydrogens (tertiary/aromatic N) is 1. The van der Waals surface area contributed by atoms with E-state index < -0.39 is 21.9 Å². The second kappa shape index (κ2) is 12.0. The Morgan fingerprint density at radius 3 is 2.41 bits per heavy atom. The minimum Gasteiger partial charge on any atom is -0.348 e. The van der Waals surface area contributed by atoms with E-state index in [1.54, 1.807) is 18.2 Å². The van der Waals surface area contributed by atoms with Gasteiger partial charge in [-0.05, 0) is 70.3 Å². The molecule has 0 aliphatic carbocycles. The summed E-state index contributed by atoms with van der Waals surface area (Å²) in [7, 11) is -3.40. The molecule has 0 aliphatic rings. The highest BCUT2D eigenvalue weighted by molar-refractivity contribution is 14.1. The van der Waals surface area contributed by atoms with Gasteiger partial charge in [-0.15, -0.1) is 0 Å². The number of hydrogen-bond donors (Lipinski definition) is 2. The topological polar surface area (TPSA) is 88.2 Å². The molecule has 6 nitrogen and oxygen atoms in total. The van der Waals surface area contributed by atoms with Crippen LogP contribution in [0.2, 0.25) is 0 Å². The fourth-order valence-corrected chi connectivity index (χ4v) is 4.76. The Balaban J connectivity index is 2.23. The number of anilines is 1. The highest BCUT2D eigenvalue weighted by atomic mass is 127. The van der Waals surface area contributed by atoms with Crippen LogP contribution in [0.4, 0.5) is 18.9 Å². The first-order valence-corrected chi connectivity index (χ1v) is 13.6. The lowest BCUT2D eigenvalue weighted by molar-refractivity contribution is -0.141. The van der Waals surface area contributed by atoms with Crippen molar-refractivity contribution in [2.75, 3.05) is 11.0 Å². The van der Waals surface area contributed by atoms with Crippen molar-refractivity contribution in [1.29, 1.82) is 0 Å². The number of alkyl halides is 3. The van der Waals surface area contributed by atoms with E-state index in [1.807, 2.05) is 36.4 Å². The van der Waals surface area contributed by atoms with Crippen LogP contribution < -0.4 is 10.0 Å². The summed E-state index contributed by atoms with van der Waals surface area (Å²) >= 11 is 2.00. The van der Waals surface area contributed by atoms with Crippen LogP contribution in [0.25, 0.3) is 5.57 Å². The monoisotopic (exact) mass is 609 g/mol. The lowest BCUT2D eigenvalue weighted by Gasteiger charge is -2.15. The maximum absolute atomic E-state index is 13.1. The molecular formula is C23H27F3IN3O3S. The standard InChI is InChI=1S/C23H27F3IN3O3S/c1-4-6-16(17-9-11-21(23(24,25)26)29-19(17)7-5-2)13-22(31)28-14-15-8-10-20(18(27)12-15)30-34(3,32)33/h8-13,30H,4-7,14H2,1-3H3,(H,28,31)/b16-13-. The number of amides is 1. The average Bonchev–Trinajstić information content (AvgIpc) is 2.72. The van der Waals surface area contributed by atoms with Crippen molar-refractivity contribution in [2.45, 2.75) is 52.3 Å². The van der Waals surface area contributed by atoms with Crippen molar-refractivity contribution in [1.82, 2.24) is 10.3 Å². The first-order valence-electron chi connectivity index (χ1n) is 10.7. The Labute approximate surface area is 211 Å². The molecule has 0 aliphatic heterocycles. The molecule has 0 spiro atoms. The van der Waals surface area contributed by atoms with E-state index in [9.17, 15) is 26.4 Å². The molecule has 2 aromatic rings. The van der Waals surface area contributed by atoms with Crippen LogP contribution in [0.3, 0.4) is 0 Å². The van der Waals surface area contributed by atoms with E-state index >= 15 is 0 Å². The molecule has 2 N–H and O–H groups in total. The number of aryl methyl sites for hydroxylation is 1. The maximum Gasteiger partial charge on any atom is 0.433 e. The number of sulfonamides is 1. The van der Waals surface area contributed by atoms with Crippen molar-refractivity contribution in [3.05, 3.63) is 62.5 Å². The summed E-state index contributed by atoms with van der Waals surface area (Å²) in [5, 5.41) is 2.78. The van der Waals surface area contributed by atoms with Gasteiger partial charge in [0.25, 0.3) is 0 Å². The maximum atomic E-state index is 13.1. The third-order valence-corrected chi connectivity index (χ3v) is 6.20. The molecule has 0 unspecified atom stereocenters. The second-order valence-electron chi connectivity index (χ2n) is 7.76. The summed E-state index contributed by atoms with van der Waals surface area (Å²) in [6.07, 6.45) is 0.160. The summed E-state index contributed by atoms with van der Waals surface area (Å²) in [4.78, 5) is 16.5. The molecule has 1 aromatic carbocycles. The zero-order valence-electron chi connectivity index (χ0n) is 19.1. The van der Waals surface area contributed by atoms with Gasteiger partial charge in [-0.25, -0.2) is 13.4 Å². The van der Waals surface area contributed by atoms with Gasteiger partial charge >= 0.3 is 6.18 Å². The molecule has 0 saturated heterocycles. The summed E-state index contributed by atoms with van der Waals surface area (Å²) in [6, 6.07) is 7.42. The number of halogens is 4. The van der Waals surface area contributed by atoms with E-state index in [0.29, 0.717) is 51.8 Å². The highest BCUT2D eigenvalue weighted by Gasteiger charge is 2.33. The van der Waals surface area contributed by atoms with Crippen LogP contribution in [0.5, 0.6) is 0 Å². The molecule has 2 rings (SSSR count). The molecule has 11 heteroatoms. The van der Waals surface area contributed by atoms with Gasteiger partial charge in [-0.2, -0.15) is 13.2 Å². The van der Waals surface area contributed by atoms with Gasteiger partial charge in [0.1, 0.15) is 5.69 Å². The van der Waals surface area contributed by atoms with E-state index in [-0.39, 0.29) is 12.5 Å². The molecule has 0 saturated carbocycles. The molecule has 0 radical (unpaired) electrons. The van der Waals surface area contributed by atoms with Crippen LogP contribution in [-0.2, 0) is 34.0 Å². The number of allylic oxidation sites excluding steroid dienone is 1. The van der Waals surface area contributed by atoms with Crippen molar-refractivity contribution in [2.24, 2.45) is 0 Å². The zero-order valence-corrected chi connectivity index (χ0v) is 22.1. The third kappa shape index (κ3) is 8.57. The number of nitrogens with one attached hydrogen (secondary N) is 2. The Kier molecular flexibility index (Phi) is 9.92. The smallest absolute Gasteiger partial charge is 0.348 e. The number of carbonyl (C=O) groups is 1. The molecule has 1 amide bonds. The quantitative estimate of drug-likeness (QED) is 0.274. The summed E-state index contributed by atoms with van der Waals surface area (Å²) in [5.41, 5.74) is 1.79. The molecular weight excluding hydrogens is 582 g/mol. The predicted octanol–water partition coefficient (Wildman–Crippen LogP) is 5.53. The fraction of sp³-hybridized carbons (Fsp3) is 0.391. The van der Waals surface area contributed by atoms with Crippen molar-refractivity contribution in [3.8, 4) is 0 Å². The SMILES string of the molecule is CCC/C(=C/C(=O)NCc1ccc(NS(C)(=O)=O)c(I)c1)c1ccc(C(F)(F)F)nc1CCC. The first-order chi connectivity index (χ1) is 15.8. The van der Waals surface area contributed by atoms with Crippen LogP contribution in [-0.4, -0.2) is 25.6 Å². The molecule has 1 heterocycles. The highest BCUT2D eigenvalue weighted by Crippen LogP contribution is 2.31. The molecule has 186 valence electrons. The van der Waals surface area contributed by atoms with E-state index in [0.717, 1.165) is 17.9 Å². The molecule has 0 fully saturated rings. The lowest BCUT2D eigenvalue weighted by Crippen LogP contribution is -2.21. The van der Waals surface area contributed by atoms with Crippen LogP contribution >= 0.6 is 22.6 Å². The zero-order chi connectivity index (χ0) is 25.5. The number of hydrogen-bond acceptors (Lipinski definition) is 4. The molecule has 0 atom stereocenters. The summed E-state index contributed by atoms with van der Waals surface area (Å²) < 4.78 is 65.3. The van der Waals surface area contributed by atoms with E-state index in [2.05, 4.69) is 15.0 Å². The Morgan fingerprint density at radius 2 is 1.85 bits per heavy atom. The Bertz CT molecular complexity index is 1170. The van der Waals surface area contributed by atoms with Gasteiger partial charge in [-0.1, -0.05) is 38.8 Å². The molecule has 0 bridgehead atoms.